The predicted molar refractivity (Wildman–Crippen MR) is 79.9 cm³/mol. The summed E-state index contributed by atoms with van der Waals surface area (Å²) in [6, 6.07) is 8.26. The Morgan fingerprint density at radius 2 is 2.10 bits per heavy atom. The molecule has 2 amide bonds. The number of hydrogen-bond donors (Lipinski definition) is 1. The summed E-state index contributed by atoms with van der Waals surface area (Å²) in [5.74, 6) is 1.32. The van der Waals surface area contributed by atoms with Crippen molar-refractivity contribution in [3.8, 4) is 5.75 Å². The average Bonchev–Trinajstić information content (AvgIpc) is 2.94. The van der Waals surface area contributed by atoms with Crippen molar-refractivity contribution < 1.29 is 9.53 Å². The first-order chi connectivity index (χ1) is 9.61. The standard InChI is InChI=1S/C16H24N2O2/c1-12(2)11-17-16(19)18-10-4-5-15(18)13-6-8-14(20-3)9-7-13/h6-9,12,15H,4-5,10-11H2,1-3H3,(H,17,19)/t15-/m1/s1. The molecule has 1 fully saturated rings. The summed E-state index contributed by atoms with van der Waals surface area (Å²) in [4.78, 5) is 14.2. The molecule has 0 radical (unpaired) electrons. The molecular weight excluding hydrogens is 252 g/mol. The molecule has 1 aromatic carbocycles. The molecule has 1 saturated heterocycles. The fourth-order valence-electron chi connectivity index (χ4n) is 2.58. The van der Waals surface area contributed by atoms with E-state index in [2.05, 4.69) is 31.3 Å². The zero-order valence-electron chi connectivity index (χ0n) is 12.6. The van der Waals surface area contributed by atoms with E-state index < -0.39 is 0 Å². The number of ether oxygens (including phenoxy) is 1. The summed E-state index contributed by atoms with van der Waals surface area (Å²) in [5, 5.41) is 3.01. The molecule has 1 heterocycles. The van der Waals surface area contributed by atoms with E-state index in [1.807, 2.05) is 17.0 Å². The van der Waals surface area contributed by atoms with Gasteiger partial charge in [0, 0.05) is 13.1 Å². The van der Waals surface area contributed by atoms with E-state index in [9.17, 15) is 4.79 Å². The summed E-state index contributed by atoms with van der Waals surface area (Å²) >= 11 is 0. The van der Waals surface area contributed by atoms with Gasteiger partial charge in [-0.3, -0.25) is 0 Å². The Balaban J connectivity index is 2.04. The molecule has 0 bridgehead atoms. The van der Waals surface area contributed by atoms with E-state index in [4.69, 9.17) is 4.74 Å². The van der Waals surface area contributed by atoms with Crippen molar-refractivity contribution in [2.75, 3.05) is 20.2 Å². The van der Waals surface area contributed by atoms with Crippen LogP contribution in [0.5, 0.6) is 5.75 Å². The van der Waals surface area contributed by atoms with E-state index in [-0.39, 0.29) is 12.1 Å². The van der Waals surface area contributed by atoms with Gasteiger partial charge in [-0.25, -0.2) is 4.79 Å². The summed E-state index contributed by atoms with van der Waals surface area (Å²) in [5.41, 5.74) is 1.18. The van der Waals surface area contributed by atoms with Crippen molar-refractivity contribution >= 4 is 6.03 Å². The van der Waals surface area contributed by atoms with E-state index in [1.165, 1.54) is 5.56 Å². The number of urea groups is 1. The first-order valence-corrected chi connectivity index (χ1v) is 7.30. The molecule has 0 spiro atoms. The SMILES string of the molecule is COc1ccc([C@H]2CCCN2C(=O)NCC(C)C)cc1. The first-order valence-electron chi connectivity index (χ1n) is 7.30. The van der Waals surface area contributed by atoms with Gasteiger partial charge in [-0.1, -0.05) is 26.0 Å². The summed E-state index contributed by atoms with van der Waals surface area (Å²) in [6.07, 6.45) is 2.09. The highest BCUT2D eigenvalue weighted by Gasteiger charge is 2.29. The molecule has 1 aliphatic heterocycles. The molecule has 1 atom stereocenters. The van der Waals surface area contributed by atoms with Gasteiger partial charge in [0.15, 0.2) is 0 Å². The number of likely N-dealkylation sites (tertiary alicyclic amines) is 1. The molecule has 4 nitrogen and oxygen atoms in total. The van der Waals surface area contributed by atoms with Crippen molar-refractivity contribution in [2.45, 2.75) is 32.7 Å². The Bertz CT molecular complexity index is 442. The Morgan fingerprint density at radius 3 is 2.70 bits per heavy atom. The minimum absolute atomic E-state index is 0.0528. The summed E-state index contributed by atoms with van der Waals surface area (Å²) < 4.78 is 5.18. The molecule has 0 aromatic heterocycles. The smallest absolute Gasteiger partial charge is 0.317 e. The van der Waals surface area contributed by atoms with Gasteiger partial charge in [-0.05, 0) is 36.5 Å². The Hall–Kier alpha value is -1.71. The van der Waals surface area contributed by atoms with Crippen LogP contribution in [-0.2, 0) is 0 Å². The van der Waals surface area contributed by atoms with Gasteiger partial charge in [0.1, 0.15) is 5.75 Å². The van der Waals surface area contributed by atoms with Gasteiger partial charge in [0.2, 0.25) is 0 Å². The molecule has 0 saturated carbocycles. The van der Waals surface area contributed by atoms with E-state index in [0.717, 1.165) is 31.7 Å². The van der Waals surface area contributed by atoms with Gasteiger partial charge in [0.05, 0.1) is 13.2 Å². The van der Waals surface area contributed by atoms with Crippen LogP contribution in [0.2, 0.25) is 0 Å². The minimum Gasteiger partial charge on any atom is -0.497 e. The Labute approximate surface area is 121 Å². The highest BCUT2D eigenvalue weighted by atomic mass is 16.5. The lowest BCUT2D eigenvalue weighted by molar-refractivity contribution is 0.191. The van der Waals surface area contributed by atoms with Gasteiger partial charge in [0.25, 0.3) is 0 Å². The third-order valence-electron chi connectivity index (χ3n) is 3.68. The van der Waals surface area contributed by atoms with Crippen LogP contribution >= 0.6 is 0 Å². The van der Waals surface area contributed by atoms with Crippen LogP contribution in [-0.4, -0.2) is 31.1 Å². The van der Waals surface area contributed by atoms with E-state index in [1.54, 1.807) is 7.11 Å². The molecule has 110 valence electrons. The van der Waals surface area contributed by atoms with Gasteiger partial charge >= 0.3 is 6.03 Å². The largest absolute Gasteiger partial charge is 0.497 e. The number of methoxy groups -OCH3 is 1. The second kappa shape index (κ2) is 6.64. The zero-order valence-corrected chi connectivity index (χ0v) is 12.6. The maximum Gasteiger partial charge on any atom is 0.317 e. The number of nitrogens with zero attached hydrogens (tertiary/aromatic N) is 1. The van der Waals surface area contributed by atoms with Crippen LogP contribution in [0.4, 0.5) is 4.79 Å². The molecule has 2 rings (SSSR count). The lowest BCUT2D eigenvalue weighted by Crippen LogP contribution is -2.40. The van der Waals surface area contributed by atoms with Crippen LogP contribution in [0, 0.1) is 5.92 Å². The number of nitrogens with one attached hydrogen (secondary N) is 1. The maximum atomic E-state index is 12.2. The van der Waals surface area contributed by atoms with Gasteiger partial charge in [-0.2, -0.15) is 0 Å². The van der Waals surface area contributed by atoms with Gasteiger partial charge in [-0.15, -0.1) is 0 Å². The molecule has 4 heteroatoms. The van der Waals surface area contributed by atoms with Gasteiger partial charge < -0.3 is 15.0 Å². The zero-order chi connectivity index (χ0) is 14.5. The quantitative estimate of drug-likeness (QED) is 0.917. The second-order valence-electron chi connectivity index (χ2n) is 5.70. The fraction of sp³-hybridized carbons (Fsp3) is 0.562. The molecule has 1 N–H and O–H groups in total. The molecule has 1 aromatic rings. The van der Waals surface area contributed by atoms with E-state index >= 15 is 0 Å². The van der Waals surface area contributed by atoms with Crippen LogP contribution in [0.1, 0.15) is 38.3 Å². The molecule has 0 aliphatic carbocycles. The lowest BCUT2D eigenvalue weighted by Gasteiger charge is -2.26. The maximum absolute atomic E-state index is 12.2. The summed E-state index contributed by atoms with van der Waals surface area (Å²) in [7, 11) is 1.66. The van der Waals surface area contributed by atoms with Crippen molar-refractivity contribution in [1.82, 2.24) is 10.2 Å². The molecule has 1 aliphatic rings. The Morgan fingerprint density at radius 1 is 1.40 bits per heavy atom. The number of carbonyl (C=O) groups excluding carboxylic acids is 1. The molecule has 20 heavy (non-hydrogen) atoms. The van der Waals surface area contributed by atoms with Crippen LogP contribution in [0.3, 0.4) is 0 Å². The molecular formula is C16H24N2O2. The monoisotopic (exact) mass is 276 g/mol. The first kappa shape index (κ1) is 14.7. The lowest BCUT2D eigenvalue weighted by atomic mass is 10.0. The average molecular weight is 276 g/mol. The predicted octanol–water partition coefficient (Wildman–Crippen LogP) is 3.20. The van der Waals surface area contributed by atoms with Crippen molar-refractivity contribution in [3.63, 3.8) is 0 Å². The van der Waals surface area contributed by atoms with Crippen molar-refractivity contribution in [3.05, 3.63) is 29.8 Å². The Kier molecular flexibility index (Phi) is 4.88. The van der Waals surface area contributed by atoms with Crippen molar-refractivity contribution in [2.24, 2.45) is 5.92 Å². The number of amides is 2. The fourth-order valence-corrected chi connectivity index (χ4v) is 2.58. The van der Waals surface area contributed by atoms with Crippen LogP contribution < -0.4 is 10.1 Å². The van der Waals surface area contributed by atoms with E-state index in [0.29, 0.717) is 5.92 Å². The highest BCUT2D eigenvalue weighted by Crippen LogP contribution is 2.32. The number of hydrogen-bond acceptors (Lipinski definition) is 2. The van der Waals surface area contributed by atoms with Crippen LogP contribution in [0.15, 0.2) is 24.3 Å². The van der Waals surface area contributed by atoms with Crippen molar-refractivity contribution in [1.29, 1.82) is 0 Å². The number of rotatable bonds is 4. The summed E-state index contributed by atoms with van der Waals surface area (Å²) in [6.45, 7) is 5.77. The topological polar surface area (TPSA) is 41.6 Å². The highest BCUT2D eigenvalue weighted by molar-refractivity contribution is 5.75. The number of benzene rings is 1. The normalized spacial score (nSPS) is 18.4. The van der Waals surface area contributed by atoms with Crippen LogP contribution in [0.25, 0.3) is 0 Å². The molecule has 0 unspecified atom stereocenters. The minimum atomic E-state index is 0.0528. The second-order valence-corrected chi connectivity index (χ2v) is 5.70. The third kappa shape index (κ3) is 3.44. The third-order valence-corrected chi connectivity index (χ3v) is 3.68. The number of carbonyl (C=O) groups is 1.